The molecule has 0 aliphatic heterocycles. The fraction of sp³-hybridized carbons (Fsp3) is 0.250. The first-order chi connectivity index (χ1) is 16.7. The van der Waals surface area contributed by atoms with Crippen LogP contribution in [0.5, 0.6) is 5.75 Å². The van der Waals surface area contributed by atoms with E-state index in [4.69, 9.17) is 27.9 Å². The summed E-state index contributed by atoms with van der Waals surface area (Å²) >= 11 is 11.9. The van der Waals surface area contributed by atoms with Crippen LogP contribution in [-0.4, -0.2) is 23.9 Å². The number of benzene rings is 3. The second kappa shape index (κ2) is 11.1. The summed E-state index contributed by atoms with van der Waals surface area (Å²) in [6.07, 6.45) is -12.6. The first kappa shape index (κ1) is 27.9. The summed E-state index contributed by atoms with van der Waals surface area (Å²) in [6.45, 7) is -1.54. The van der Waals surface area contributed by atoms with E-state index >= 15 is 0 Å². The topological polar surface area (TPSA) is 32.7 Å². The molecule has 3 aromatic carbocycles. The molecule has 0 spiro atoms. The van der Waals surface area contributed by atoms with Crippen LogP contribution in [0, 0.1) is 5.82 Å². The molecule has 0 aromatic heterocycles. The molecule has 0 radical (unpaired) electrons. The Kier molecular flexibility index (Phi) is 8.63. The van der Waals surface area contributed by atoms with E-state index in [1.807, 2.05) is 0 Å². The standard InChI is InChI=1S/C24H18Cl2F7NO2/c25-17-6-14(7-18(26)9-17)13-36-20-3-1-2-19(10-20)34(12-22(35)24(31,32)33)11-15-4-5-16(8-21(15)27)23(28,29)30/h1-10,22,35H,11-13H2. The third-order valence-corrected chi connectivity index (χ3v) is 5.46. The Labute approximate surface area is 211 Å². The molecule has 1 unspecified atom stereocenters. The first-order valence-electron chi connectivity index (χ1n) is 10.3. The van der Waals surface area contributed by atoms with Crippen LogP contribution in [0.15, 0.2) is 60.7 Å². The second-order valence-corrected chi connectivity index (χ2v) is 8.68. The van der Waals surface area contributed by atoms with Crippen molar-refractivity contribution in [2.75, 3.05) is 11.4 Å². The van der Waals surface area contributed by atoms with Crippen LogP contribution in [-0.2, 0) is 19.3 Å². The lowest BCUT2D eigenvalue weighted by Crippen LogP contribution is -2.41. The van der Waals surface area contributed by atoms with Gasteiger partial charge in [0.1, 0.15) is 18.2 Å². The summed E-state index contributed by atoms with van der Waals surface area (Å²) in [7, 11) is 0. The molecule has 3 rings (SSSR count). The van der Waals surface area contributed by atoms with Crippen molar-refractivity contribution in [1.29, 1.82) is 0 Å². The average Bonchev–Trinajstić information content (AvgIpc) is 2.76. The molecule has 1 N–H and O–H groups in total. The molecule has 0 fully saturated rings. The highest BCUT2D eigenvalue weighted by molar-refractivity contribution is 6.34. The number of hydrogen-bond donors (Lipinski definition) is 1. The lowest BCUT2D eigenvalue weighted by molar-refractivity contribution is -0.200. The Morgan fingerprint density at radius 2 is 1.56 bits per heavy atom. The SMILES string of the molecule is OC(CN(Cc1ccc(C(F)(F)F)cc1F)c1cccc(OCc2cc(Cl)cc(Cl)c2)c1)C(F)(F)F. The highest BCUT2D eigenvalue weighted by Crippen LogP contribution is 2.32. The van der Waals surface area contributed by atoms with Crippen molar-refractivity contribution in [1.82, 2.24) is 0 Å². The Balaban J connectivity index is 1.87. The van der Waals surface area contributed by atoms with Crippen LogP contribution < -0.4 is 9.64 Å². The summed E-state index contributed by atoms with van der Waals surface area (Å²) < 4.78 is 97.8. The van der Waals surface area contributed by atoms with Gasteiger partial charge >= 0.3 is 12.4 Å². The van der Waals surface area contributed by atoms with Crippen molar-refractivity contribution in [2.24, 2.45) is 0 Å². The van der Waals surface area contributed by atoms with Gasteiger partial charge in [0.15, 0.2) is 6.10 Å². The van der Waals surface area contributed by atoms with Crippen LogP contribution in [0.4, 0.5) is 36.4 Å². The molecule has 0 saturated heterocycles. The van der Waals surface area contributed by atoms with Gasteiger partial charge in [-0.3, -0.25) is 0 Å². The fourth-order valence-corrected chi connectivity index (χ4v) is 3.83. The molecule has 0 heterocycles. The second-order valence-electron chi connectivity index (χ2n) is 7.81. The Bertz CT molecular complexity index is 1180. The zero-order valence-corrected chi connectivity index (χ0v) is 19.7. The predicted molar refractivity (Wildman–Crippen MR) is 122 cm³/mol. The Hall–Kier alpha value is -2.69. The molecule has 194 valence electrons. The monoisotopic (exact) mass is 555 g/mol. The highest BCUT2D eigenvalue weighted by Gasteiger charge is 2.39. The van der Waals surface area contributed by atoms with Crippen LogP contribution in [0.25, 0.3) is 0 Å². The van der Waals surface area contributed by atoms with Gasteiger partial charge in [-0.1, -0.05) is 35.3 Å². The van der Waals surface area contributed by atoms with E-state index in [2.05, 4.69) is 0 Å². The normalized spacial score (nSPS) is 12.9. The molecule has 0 aliphatic carbocycles. The molecule has 0 saturated carbocycles. The van der Waals surface area contributed by atoms with Crippen LogP contribution in [0.2, 0.25) is 10.0 Å². The molecule has 0 bridgehead atoms. The zero-order chi connectivity index (χ0) is 26.7. The van der Waals surface area contributed by atoms with E-state index in [1.54, 1.807) is 12.1 Å². The van der Waals surface area contributed by atoms with Crippen molar-refractivity contribution in [3.63, 3.8) is 0 Å². The Morgan fingerprint density at radius 3 is 2.14 bits per heavy atom. The van der Waals surface area contributed by atoms with E-state index in [1.165, 1.54) is 30.3 Å². The van der Waals surface area contributed by atoms with Gasteiger partial charge in [0.2, 0.25) is 0 Å². The summed E-state index contributed by atoms with van der Waals surface area (Å²) in [5, 5.41) is 10.4. The van der Waals surface area contributed by atoms with Crippen LogP contribution >= 0.6 is 23.2 Å². The number of aliphatic hydroxyl groups excluding tert-OH is 1. The number of halogens is 9. The van der Waals surface area contributed by atoms with Crippen molar-refractivity contribution < 1.29 is 40.6 Å². The minimum absolute atomic E-state index is 0.0163. The van der Waals surface area contributed by atoms with Gasteiger partial charge in [-0.2, -0.15) is 26.3 Å². The number of alkyl halides is 6. The number of rotatable bonds is 8. The molecule has 3 nitrogen and oxygen atoms in total. The number of ether oxygens (including phenoxy) is 1. The smallest absolute Gasteiger partial charge is 0.416 e. The first-order valence-corrected chi connectivity index (χ1v) is 11.0. The van der Waals surface area contributed by atoms with Gasteiger partial charge in [0.25, 0.3) is 0 Å². The maximum atomic E-state index is 14.4. The summed E-state index contributed by atoms with van der Waals surface area (Å²) in [6, 6.07) is 12.2. The average molecular weight is 556 g/mol. The third kappa shape index (κ3) is 7.65. The number of hydrogen-bond acceptors (Lipinski definition) is 3. The van der Waals surface area contributed by atoms with E-state index < -0.39 is 42.9 Å². The van der Waals surface area contributed by atoms with Gasteiger partial charge in [-0.15, -0.1) is 0 Å². The van der Waals surface area contributed by atoms with Crippen molar-refractivity contribution in [2.45, 2.75) is 31.6 Å². The molecule has 0 aliphatic rings. The van der Waals surface area contributed by atoms with Crippen molar-refractivity contribution in [3.05, 3.63) is 93.2 Å². The van der Waals surface area contributed by atoms with Gasteiger partial charge in [0.05, 0.1) is 12.1 Å². The van der Waals surface area contributed by atoms with E-state index in [0.717, 1.165) is 11.0 Å². The predicted octanol–water partition coefficient (Wildman–Crippen LogP) is 7.66. The Morgan fingerprint density at radius 1 is 0.889 bits per heavy atom. The zero-order valence-electron chi connectivity index (χ0n) is 18.2. The minimum Gasteiger partial charge on any atom is -0.489 e. The molecular weight excluding hydrogens is 538 g/mol. The summed E-state index contributed by atoms with van der Waals surface area (Å²) in [4.78, 5) is 0.993. The minimum atomic E-state index is -4.98. The quantitative estimate of drug-likeness (QED) is 0.289. The largest absolute Gasteiger partial charge is 0.489 e. The summed E-state index contributed by atoms with van der Waals surface area (Å²) in [5.41, 5.74) is -0.798. The van der Waals surface area contributed by atoms with Gasteiger partial charge in [0, 0.05) is 33.9 Å². The van der Waals surface area contributed by atoms with Crippen LogP contribution in [0.1, 0.15) is 16.7 Å². The summed E-state index contributed by atoms with van der Waals surface area (Å²) in [5.74, 6) is -1.02. The van der Waals surface area contributed by atoms with E-state index in [-0.39, 0.29) is 29.7 Å². The van der Waals surface area contributed by atoms with Crippen LogP contribution in [0.3, 0.4) is 0 Å². The molecule has 1 atom stereocenters. The third-order valence-electron chi connectivity index (χ3n) is 5.02. The van der Waals surface area contributed by atoms with Crippen molar-refractivity contribution in [3.8, 4) is 5.75 Å². The number of anilines is 1. The molecule has 36 heavy (non-hydrogen) atoms. The maximum absolute atomic E-state index is 14.4. The number of nitrogens with zero attached hydrogens (tertiary/aromatic N) is 1. The van der Waals surface area contributed by atoms with Gasteiger partial charge in [-0.05, 0) is 48.0 Å². The lowest BCUT2D eigenvalue weighted by Gasteiger charge is -2.29. The van der Waals surface area contributed by atoms with E-state index in [9.17, 15) is 35.8 Å². The van der Waals surface area contributed by atoms with E-state index in [0.29, 0.717) is 21.7 Å². The highest BCUT2D eigenvalue weighted by atomic mass is 35.5. The molecule has 12 heteroatoms. The fourth-order valence-electron chi connectivity index (χ4n) is 3.26. The number of aliphatic hydroxyl groups is 1. The molecular formula is C24H18Cl2F7NO2. The van der Waals surface area contributed by atoms with Gasteiger partial charge < -0.3 is 14.7 Å². The van der Waals surface area contributed by atoms with Crippen molar-refractivity contribution >= 4 is 28.9 Å². The maximum Gasteiger partial charge on any atom is 0.416 e. The molecule has 0 amide bonds. The lowest BCUT2D eigenvalue weighted by atomic mass is 10.1. The van der Waals surface area contributed by atoms with Gasteiger partial charge in [-0.25, -0.2) is 4.39 Å². The molecule has 3 aromatic rings.